The van der Waals surface area contributed by atoms with Crippen LogP contribution in [0.5, 0.6) is 5.75 Å². The number of non-ortho nitro benzene ring substituents is 1. The molecular weight excluding hydrogens is 590 g/mol. The molecule has 0 saturated heterocycles. The van der Waals surface area contributed by atoms with E-state index in [1.165, 1.54) is 38.1 Å². The van der Waals surface area contributed by atoms with E-state index in [1.807, 2.05) is 0 Å². The van der Waals surface area contributed by atoms with Crippen LogP contribution in [0, 0.1) is 16.0 Å². The van der Waals surface area contributed by atoms with Gasteiger partial charge in [-0.3, -0.25) is 24.5 Å². The summed E-state index contributed by atoms with van der Waals surface area (Å²) < 4.78 is 15.8. The molecule has 4 N–H and O–H groups in total. The minimum Gasteiger partial charge on any atom is -0.444 e. The lowest BCUT2D eigenvalue weighted by Crippen LogP contribution is -2.53. The number of anilines is 1. The average molecular weight is 630 g/mol. The molecule has 3 atom stereocenters. The molecule has 0 saturated carbocycles. The van der Waals surface area contributed by atoms with E-state index in [2.05, 4.69) is 21.3 Å². The number of benzene rings is 2. The Balaban J connectivity index is 2.12. The smallest absolute Gasteiger partial charge is 0.444 e. The Labute approximate surface area is 260 Å². The number of nitrogens with one attached hydrogen (secondary N) is 4. The first-order chi connectivity index (χ1) is 20.9. The van der Waals surface area contributed by atoms with Crippen LogP contribution in [-0.4, -0.2) is 59.1 Å². The zero-order valence-corrected chi connectivity index (χ0v) is 26.2. The summed E-state index contributed by atoms with van der Waals surface area (Å²) in [5.41, 5.74) is -0.185. The zero-order chi connectivity index (χ0) is 33.9. The van der Waals surface area contributed by atoms with E-state index >= 15 is 0 Å². The molecule has 0 radical (unpaired) electrons. The fourth-order valence-electron chi connectivity index (χ4n) is 3.74. The van der Waals surface area contributed by atoms with E-state index in [1.54, 1.807) is 46.8 Å². The molecule has 2 rings (SSSR count). The number of rotatable bonds is 12. The van der Waals surface area contributed by atoms with Crippen LogP contribution in [-0.2, 0) is 23.9 Å². The molecule has 0 aliphatic carbocycles. The predicted octanol–water partition coefficient (Wildman–Crippen LogP) is 3.98. The van der Waals surface area contributed by atoms with Gasteiger partial charge in [-0.25, -0.2) is 9.59 Å². The van der Waals surface area contributed by atoms with Crippen molar-refractivity contribution in [3.63, 3.8) is 0 Å². The summed E-state index contributed by atoms with van der Waals surface area (Å²) in [7, 11) is 0. The molecule has 0 fully saturated rings. The van der Waals surface area contributed by atoms with Crippen molar-refractivity contribution in [2.45, 2.75) is 72.3 Å². The highest BCUT2D eigenvalue weighted by Crippen LogP contribution is 2.23. The SMILES string of the molecule is CC(=O)NC(C(=O)NC(C)C(=O)Nc1ccc(C(CNC(=O)OC(C)(C)C)OC(=O)Oc2ccc([N+](=O)[O-])cc2)cc1)C(C)C. The topological polar surface area (TPSA) is 204 Å². The summed E-state index contributed by atoms with van der Waals surface area (Å²) in [6, 6.07) is 9.20. The number of nitrogens with zero attached hydrogens (tertiary/aromatic N) is 1. The normalized spacial score (nSPS) is 13.0. The van der Waals surface area contributed by atoms with Gasteiger partial charge in [0.25, 0.3) is 5.69 Å². The van der Waals surface area contributed by atoms with Crippen molar-refractivity contribution >= 4 is 41.3 Å². The van der Waals surface area contributed by atoms with Gasteiger partial charge in [-0.15, -0.1) is 0 Å². The fourth-order valence-corrected chi connectivity index (χ4v) is 3.74. The Bertz CT molecular complexity index is 1370. The van der Waals surface area contributed by atoms with Crippen molar-refractivity contribution in [1.29, 1.82) is 0 Å². The number of alkyl carbamates (subject to hydrolysis) is 1. The number of hydrogen-bond donors (Lipinski definition) is 4. The summed E-state index contributed by atoms with van der Waals surface area (Å²) in [4.78, 5) is 71.9. The Hall–Kier alpha value is -5.21. The second-order valence-electron chi connectivity index (χ2n) is 11.4. The van der Waals surface area contributed by atoms with Gasteiger partial charge < -0.3 is 35.5 Å². The van der Waals surface area contributed by atoms with Crippen molar-refractivity contribution in [3.8, 4) is 5.75 Å². The first-order valence-corrected chi connectivity index (χ1v) is 14.0. The largest absolute Gasteiger partial charge is 0.514 e. The number of hydrogen-bond acceptors (Lipinski definition) is 10. The molecule has 45 heavy (non-hydrogen) atoms. The van der Waals surface area contributed by atoms with Crippen molar-refractivity contribution < 1.29 is 43.1 Å². The molecule has 0 aromatic heterocycles. The summed E-state index contributed by atoms with van der Waals surface area (Å²) in [5.74, 6) is -1.60. The quantitative estimate of drug-likeness (QED) is 0.115. The molecule has 0 bridgehead atoms. The highest BCUT2D eigenvalue weighted by molar-refractivity contribution is 5.98. The van der Waals surface area contributed by atoms with E-state index in [9.17, 15) is 34.1 Å². The second kappa shape index (κ2) is 16.0. The van der Waals surface area contributed by atoms with Gasteiger partial charge in [0.2, 0.25) is 17.7 Å². The molecular formula is C30H39N5O10. The van der Waals surface area contributed by atoms with Gasteiger partial charge in [0.05, 0.1) is 11.5 Å². The minimum atomic E-state index is -1.14. The third kappa shape index (κ3) is 12.5. The van der Waals surface area contributed by atoms with E-state index in [0.29, 0.717) is 11.3 Å². The van der Waals surface area contributed by atoms with Crippen LogP contribution in [0.25, 0.3) is 0 Å². The fraction of sp³-hybridized carbons (Fsp3) is 0.433. The van der Waals surface area contributed by atoms with Crippen LogP contribution in [0.15, 0.2) is 48.5 Å². The van der Waals surface area contributed by atoms with Gasteiger partial charge >= 0.3 is 12.2 Å². The van der Waals surface area contributed by atoms with Gasteiger partial charge in [-0.1, -0.05) is 26.0 Å². The average Bonchev–Trinajstić information content (AvgIpc) is 2.93. The van der Waals surface area contributed by atoms with Crippen molar-refractivity contribution in [1.82, 2.24) is 16.0 Å². The number of nitro benzene ring substituents is 1. The maximum absolute atomic E-state index is 12.8. The van der Waals surface area contributed by atoms with E-state index in [-0.39, 0.29) is 29.8 Å². The molecule has 2 aromatic rings. The lowest BCUT2D eigenvalue weighted by Gasteiger charge is -2.23. The second-order valence-corrected chi connectivity index (χ2v) is 11.4. The number of ether oxygens (including phenoxy) is 3. The summed E-state index contributed by atoms with van der Waals surface area (Å²) in [6.45, 7) is 11.2. The Morgan fingerprint density at radius 3 is 2.00 bits per heavy atom. The highest BCUT2D eigenvalue weighted by Gasteiger charge is 2.27. The molecule has 2 aromatic carbocycles. The van der Waals surface area contributed by atoms with Crippen LogP contribution >= 0.6 is 0 Å². The Morgan fingerprint density at radius 1 is 0.889 bits per heavy atom. The van der Waals surface area contributed by atoms with E-state index < -0.39 is 52.8 Å². The Morgan fingerprint density at radius 2 is 1.49 bits per heavy atom. The first kappa shape index (κ1) is 36.0. The monoisotopic (exact) mass is 629 g/mol. The van der Waals surface area contributed by atoms with Gasteiger partial charge in [0.15, 0.2) is 0 Å². The third-order valence-corrected chi connectivity index (χ3v) is 5.93. The van der Waals surface area contributed by atoms with Crippen molar-refractivity contribution in [2.24, 2.45) is 5.92 Å². The maximum atomic E-state index is 12.8. The molecule has 0 spiro atoms. The van der Waals surface area contributed by atoms with Crippen LogP contribution < -0.4 is 26.0 Å². The summed E-state index contributed by atoms with van der Waals surface area (Å²) in [6.07, 6.45) is -2.95. The molecule has 15 heteroatoms. The molecule has 244 valence electrons. The van der Waals surface area contributed by atoms with Crippen molar-refractivity contribution in [3.05, 3.63) is 64.2 Å². The van der Waals surface area contributed by atoms with Crippen LogP contribution in [0.3, 0.4) is 0 Å². The maximum Gasteiger partial charge on any atom is 0.514 e. The van der Waals surface area contributed by atoms with Crippen molar-refractivity contribution in [2.75, 3.05) is 11.9 Å². The van der Waals surface area contributed by atoms with Gasteiger partial charge in [-0.05, 0) is 63.4 Å². The van der Waals surface area contributed by atoms with Crippen LogP contribution in [0.1, 0.15) is 60.1 Å². The van der Waals surface area contributed by atoms with E-state index in [4.69, 9.17) is 14.2 Å². The number of carbonyl (C=O) groups excluding carboxylic acids is 5. The number of nitro groups is 1. The van der Waals surface area contributed by atoms with Gasteiger partial charge in [0, 0.05) is 24.7 Å². The molecule has 0 aliphatic heterocycles. The Kier molecular flexibility index (Phi) is 12.8. The molecule has 0 heterocycles. The van der Waals surface area contributed by atoms with Crippen LogP contribution in [0.2, 0.25) is 0 Å². The molecule has 0 aliphatic rings. The predicted molar refractivity (Wildman–Crippen MR) is 162 cm³/mol. The molecule has 3 unspecified atom stereocenters. The number of amides is 4. The number of carbonyl (C=O) groups is 5. The van der Waals surface area contributed by atoms with Gasteiger partial charge in [-0.2, -0.15) is 0 Å². The molecule has 15 nitrogen and oxygen atoms in total. The zero-order valence-electron chi connectivity index (χ0n) is 26.2. The summed E-state index contributed by atoms with van der Waals surface area (Å²) >= 11 is 0. The lowest BCUT2D eigenvalue weighted by molar-refractivity contribution is -0.384. The van der Waals surface area contributed by atoms with Crippen LogP contribution in [0.4, 0.5) is 21.0 Å². The lowest BCUT2D eigenvalue weighted by atomic mass is 10.0. The van der Waals surface area contributed by atoms with E-state index in [0.717, 1.165) is 12.1 Å². The molecule has 4 amide bonds. The highest BCUT2D eigenvalue weighted by atomic mass is 16.7. The standard InChI is InChI=1S/C30H39N5O10/c1-17(2)25(33-19(4)36)27(38)32-18(3)26(37)34-21-10-8-20(9-11-21)24(16-31-28(39)45-30(5,6)7)44-29(40)43-23-14-12-22(13-15-23)35(41)42/h8-15,17-18,24-25H,16H2,1-7H3,(H,31,39)(H,32,38)(H,33,36)(H,34,37). The first-order valence-electron chi connectivity index (χ1n) is 14.0. The third-order valence-electron chi connectivity index (χ3n) is 5.93. The minimum absolute atomic E-state index is 0.000474. The van der Waals surface area contributed by atoms with Gasteiger partial charge in [0.1, 0.15) is 29.5 Å². The summed E-state index contributed by atoms with van der Waals surface area (Å²) in [5, 5.41) is 21.2.